The SMILES string of the molecule is CC.Fc1ccc(N2CCNCC2)c(F)c1. The first-order valence-electron chi connectivity index (χ1n) is 5.68. The zero-order valence-corrected chi connectivity index (χ0v) is 9.76. The highest BCUT2D eigenvalue weighted by molar-refractivity contribution is 5.48. The predicted molar refractivity (Wildman–Crippen MR) is 62.8 cm³/mol. The maximum Gasteiger partial charge on any atom is 0.149 e. The molecule has 1 N–H and O–H groups in total. The molecular formula is C12H18F2N2. The number of hydrogen-bond donors (Lipinski definition) is 1. The van der Waals surface area contributed by atoms with Crippen LogP contribution in [-0.4, -0.2) is 26.2 Å². The van der Waals surface area contributed by atoms with Crippen LogP contribution in [0.3, 0.4) is 0 Å². The van der Waals surface area contributed by atoms with Crippen LogP contribution in [0.5, 0.6) is 0 Å². The van der Waals surface area contributed by atoms with Crippen molar-refractivity contribution in [2.45, 2.75) is 13.8 Å². The lowest BCUT2D eigenvalue weighted by Gasteiger charge is -2.29. The van der Waals surface area contributed by atoms with Crippen molar-refractivity contribution in [2.75, 3.05) is 31.1 Å². The second-order valence-electron chi connectivity index (χ2n) is 3.33. The largest absolute Gasteiger partial charge is 0.367 e. The first kappa shape index (κ1) is 12.9. The maximum absolute atomic E-state index is 13.3. The van der Waals surface area contributed by atoms with E-state index in [2.05, 4.69) is 5.32 Å². The van der Waals surface area contributed by atoms with Gasteiger partial charge in [0.2, 0.25) is 0 Å². The molecule has 1 heterocycles. The fourth-order valence-corrected chi connectivity index (χ4v) is 1.64. The molecule has 0 unspecified atom stereocenters. The molecule has 1 fully saturated rings. The number of rotatable bonds is 1. The summed E-state index contributed by atoms with van der Waals surface area (Å²) < 4.78 is 26.0. The van der Waals surface area contributed by atoms with Gasteiger partial charge in [-0.15, -0.1) is 0 Å². The summed E-state index contributed by atoms with van der Waals surface area (Å²) in [5, 5.41) is 3.18. The van der Waals surface area contributed by atoms with Gasteiger partial charge in [0.15, 0.2) is 0 Å². The lowest BCUT2D eigenvalue weighted by molar-refractivity contribution is 0.554. The van der Waals surface area contributed by atoms with Gasteiger partial charge in [-0.25, -0.2) is 8.78 Å². The number of nitrogens with one attached hydrogen (secondary N) is 1. The minimum absolute atomic E-state index is 0.480. The van der Waals surface area contributed by atoms with Crippen molar-refractivity contribution in [1.82, 2.24) is 5.32 Å². The monoisotopic (exact) mass is 228 g/mol. The van der Waals surface area contributed by atoms with E-state index in [1.165, 1.54) is 12.1 Å². The Hall–Kier alpha value is -1.16. The van der Waals surface area contributed by atoms with E-state index in [4.69, 9.17) is 0 Å². The summed E-state index contributed by atoms with van der Waals surface area (Å²) >= 11 is 0. The fourth-order valence-electron chi connectivity index (χ4n) is 1.64. The van der Waals surface area contributed by atoms with Gasteiger partial charge in [-0.05, 0) is 12.1 Å². The van der Waals surface area contributed by atoms with E-state index in [1.807, 2.05) is 18.7 Å². The summed E-state index contributed by atoms with van der Waals surface area (Å²) in [6, 6.07) is 3.72. The molecule has 16 heavy (non-hydrogen) atoms. The number of hydrogen-bond acceptors (Lipinski definition) is 2. The molecule has 1 aliphatic rings. The highest BCUT2D eigenvalue weighted by atomic mass is 19.1. The van der Waals surface area contributed by atoms with Gasteiger partial charge in [0.1, 0.15) is 11.6 Å². The third kappa shape index (κ3) is 3.17. The normalized spacial score (nSPS) is 15.4. The summed E-state index contributed by atoms with van der Waals surface area (Å²) in [5.74, 6) is -1.01. The molecule has 2 rings (SSSR count). The molecule has 0 saturated carbocycles. The van der Waals surface area contributed by atoms with Gasteiger partial charge in [0.05, 0.1) is 5.69 Å². The van der Waals surface area contributed by atoms with Gasteiger partial charge in [-0.2, -0.15) is 0 Å². The molecule has 0 radical (unpaired) electrons. The Morgan fingerprint density at radius 1 is 1.12 bits per heavy atom. The minimum Gasteiger partial charge on any atom is -0.367 e. The number of piperazine rings is 1. The van der Waals surface area contributed by atoms with E-state index >= 15 is 0 Å². The molecule has 0 amide bonds. The number of halogens is 2. The van der Waals surface area contributed by atoms with Crippen molar-refractivity contribution in [3.05, 3.63) is 29.8 Å². The Bertz CT molecular complexity index is 323. The smallest absolute Gasteiger partial charge is 0.149 e. The van der Waals surface area contributed by atoms with Crippen LogP contribution in [0.4, 0.5) is 14.5 Å². The molecule has 1 aromatic carbocycles. The molecule has 0 aromatic heterocycles. The maximum atomic E-state index is 13.3. The summed E-state index contributed by atoms with van der Waals surface area (Å²) in [6.45, 7) is 7.22. The van der Waals surface area contributed by atoms with Crippen LogP contribution in [0, 0.1) is 11.6 Å². The first-order chi connectivity index (χ1) is 7.77. The van der Waals surface area contributed by atoms with E-state index in [0.29, 0.717) is 5.69 Å². The topological polar surface area (TPSA) is 15.3 Å². The lowest BCUT2D eigenvalue weighted by Crippen LogP contribution is -2.43. The zero-order valence-electron chi connectivity index (χ0n) is 9.76. The number of benzene rings is 1. The van der Waals surface area contributed by atoms with Gasteiger partial charge in [0, 0.05) is 32.2 Å². The van der Waals surface area contributed by atoms with E-state index in [1.54, 1.807) is 0 Å². The van der Waals surface area contributed by atoms with Crippen molar-refractivity contribution in [3.63, 3.8) is 0 Å². The van der Waals surface area contributed by atoms with Gasteiger partial charge >= 0.3 is 0 Å². The van der Waals surface area contributed by atoms with E-state index in [0.717, 1.165) is 32.2 Å². The van der Waals surface area contributed by atoms with Crippen LogP contribution in [-0.2, 0) is 0 Å². The Labute approximate surface area is 95.3 Å². The fraction of sp³-hybridized carbons (Fsp3) is 0.500. The van der Waals surface area contributed by atoms with Crippen LogP contribution < -0.4 is 10.2 Å². The molecule has 90 valence electrons. The van der Waals surface area contributed by atoms with Crippen LogP contribution in [0.2, 0.25) is 0 Å². The third-order valence-corrected chi connectivity index (χ3v) is 2.37. The van der Waals surface area contributed by atoms with Crippen LogP contribution in [0.25, 0.3) is 0 Å². The first-order valence-corrected chi connectivity index (χ1v) is 5.68. The average Bonchev–Trinajstić information content (AvgIpc) is 2.33. The molecular weight excluding hydrogens is 210 g/mol. The van der Waals surface area contributed by atoms with Gasteiger partial charge in [-0.1, -0.05) is 13.8 Å². The summed E-state index contributed by atoms with van der Waals surface area (Å²) in [7, 11) is 0. The average molecular weight is 228 g/mol. The Kier molecular flexibility index (Phi) is 5.19. The van der Waals surface area contributed by atoms with E-state index < -0.39 is 11.6 Å². The van der Waals surface area contributed by atoms with Gasteiger partial charge in [0.25, 0.3) is 0 Å². The highest BCUT2D eigenvalue weighted by Crippen LogP contribution is 2.20. The Balaban J connectivity index is 0.000000606. The van der Waals surface area contributed by atoms with Crippen molar-refractivity contribution < 1.29 is 8.78 Å². The molecule has 1 aliphatic heterocycles. The van der Waals surface area contributed by atoms with Gasteiger partial charge in [-0.3, -0.25) is 0 Å². The lowest BCUT2D eigenvalue weighted by atomic mass is 10.2. The highest BCUT2D eigenvalue weighted by Gasteiger charge is 2.14. The third-order valence-electron chi connectivity index (χ3n) is 2.37. The quantitative estimate of drug-likeness (QED) is 0.794. The predicted octanol–water partition coefficient (Wildman–Crippen LogP) is 2.40. The second-order valence-corrected chi connectivity index (χ2v) is 3.33. The van der Waals surface area contributed by atoms with Crippen LogP contribution in [0.1, 0.15) is 13.8 Å². The Morgan fingerprint density at radius 2 is 1.75 bits per heavy atom. The summed E-state index contributed by atoms with van der Waals surface area (Å²) in [4.78, 5) is 1.92. The molecule has 0 aliphatic carbocycles. The summed E-state index contributed by atoms with van der Waals surface area (Å²) in [5.41, 5.74) is 0.493. The van der Waals surface area contributed by atoms with Crippen LogP contribution in [0.15, 0.2) is 18.2 Å². The second kappa shape index (κ2) is 6.43. The molecule has 2 nitrogen and oxygen atoms in total. The standard InChI is InChI=1S/C10H12F2N2.C2H6/c11-8-1-2-10(9(12)7-8)14-5-3-13-4-6-14;1-2/h1-2,7,13H,3-6H2;1-2H3. The molecule has 1 aromatic rings. The Morgan fingerprint density at radius 3 is 2.31 bits per heavy atom. The van der Waals surface area contributed by atoms with Crippen molar-refractivity contribution in [3.8, 4) is 0 Å². The number of nitrogens with zero attached hydrogens (tertiary/aromatic N) is 1. The minimum atomic E-state index is -0.526. The van der Waals surface area contributed by atoms with Gasteiger partial charge < -0.3 is 10.2 Å². The van der Waals surface area contributed by atoms with E-state index in [9.17, 15) is 8.78 Å². The number of anilines is 1. The molecule has 0 bridgehead atoms. The molecule has 0 spiro atoms. The van der Waals surface area contributed by atoms with E-state index in [-0.39, 0.29) is 0 Å². The van der Waals surface area contributed by atoms with Crippen molar-refractivity contribution in [1.29, 1.82) is 0 Å². The molecule has 4 heteroatoms. The summed E-state index contributed by atoms with van der Waals surface area (Å²) in [6.07, 6.45) is 0. The molecule has 1 saturated heterocycles. The molecule has 0 atom stereocenters. The van der Waals surface area contributed by atoms with Crippen LogP contribution >= 0.6 is 0 Å². The zero-order chi connectivity index (χ0) is 12.0. The van der Waals surface area contributed by atoms with Crippen molar-refractivity contribution >= 4 is 5.69 Å². The van der Waals surface area contributed by atoms with Crippen molar-refractivity contribution in [2.24, 2.45) is 0 Å².